The Hall–Kier alpha value is -2.84. The van der Waals surface area contributed by atoms with Gasteiger partial charge in [-0.15, -0.1) is 10.2 Å². The zero-order valence-corrected chi connectivity index (χ0v) is 20.0. The average molecular weight is 473 g/mol. The first-order valence-electron chi connectivity index (χ1n) is 10.2. The number of ether oxygens (including phenoxy) is 1. The monoisotopic (exact) mass is 472 g/mol. The van der Waals surface area contributed by atoms with Gasteiger partial charge in [0, 0.05) is 22.8 Å². The first kappa shape index (κ1) is 23.8. The lowest BCUT2D eigenvalue weighted by molar-refractivity contribution is -0.115. The summed E-state index contributed by atoms with van der Waals surface area (Å²) in [6.07, 6.45) is 0. The number of ketones is 1. The molecule has 9 heteroatoms. The molecule has 0 fully saturated rings. The average Bonchev–Trinajstić information content (AvgIpc) is 3.16. The van der Waals surface area contributed by atoms with Crippen molar-refractivity contribution in [2.45, 2.75) is 51.3 Å². The van der Waals surface area contributed by atoms with Gasteiger partial charge in [0.25, 0.3) is 0 Å². The third-order valence-corrected chi connectivity index (χ3v) is 6.32. The fourth-order valence-electron chi connectivity index (χ4n) is 2.93. The quantitative estimate of drug-likeness (QED) is 0.342. The van der Waals surface area contributed by atoms with Crippen molar-refractivity contribution in [1.82, 2.24) is 14.8 Å². The van der Waals surface area contributed by atoms with Crippen LogP contribution in [-0.4, -0.2) is 31.7 Å². The van der Waals surface area contributed by atoms with E-state index in [1.165, 1.54) is 18.7 Å². The second-order valence-corrected chi connectivity index (χ2v) is 8.94. The van der Waals surface area contributed by atoms with Gasteiger partial charge >= 0.3 is 0 Å². The summed E-state index contributed by atoms with van der Waals surface area (Å²) < 4.78 is 7.78. The Morgan fingerprint density at radius 3 is 2.53 bits per heavy atom. The molecule has 0 spiro atoms. The molecule has 1 amide bonds. The normalized spacial score (nSPS) is 11.8. The Kier molecular flexibility index (Phi) is 7.93. The highest BCUT2D eigenvalue weighted by molar-refractivity contribution is 8.00. The Bertz CT molecular complexity index is 1110. The number of halogens is 1. The highest BCUT2D eigenvalue weighted by Gasteiger charge is 2.20. The van der Waals surface area contributed by atoms with Crippen molar-refractivity contribution in [3.05, 3.63) is 64.4 Å². The van der Waals surface area contributed by atoms with E-state index in [1.807, 2.05) is 37.5 Å². The molecule has 32 heavy (non-hydrogen) atoms. The molecule has 1 N–H and O–H groups in total. The second kappa shape index (κ2) is 10.7. The van der Waals surface area contributed by atoms with E-state index in [0.717, 1.165) is 5.56 Å². The molecule has 0 saturated carbocycles. The zero-order chi connectivity index (χ0) is 23.3. The molecule has 0 saturated heterocycles. The number of aromatic nitrogens is 3. The first-order valence-corrected chi connectivity index (χ1v) is 11.4. The van der Waals surface area contributed by atoms with E-state index in [0.29, 0.717) is 39.5 Å². The summed E-state index contributed by atoms with van der Waals surface area (Å²) in [7, 11) is 0. The molecule has 0 aliphatic carbocycles. The number of benzene rings is 2. The summed E-state index contributed by atoms with van der Waals surface area (Å²) in [5.41, 5.74) is 2.18. The van der Waals surface area contributed by atoms with Crippen LogP contribution in [0.5, 0.6) is 5.75 Å². The van der Waals surface area contributed by atoms with Crippen LogP contribution in [-0.2, 0) is 17.9 Å². The van der Waals surface area contributed by atoms with Crippen LogP contribution in [0.1, 0.15) is 42.5 Å². The number of amides is 1. The fourth-order valence-corrected chi connectivity index (χ4v) is 3.98. The van der Waals surface area contributed by atoms with E-state index >= 15 is 0 Å². The molecule has 1 atom stereocenters. The number of hydrogen-bond acceptors (Lipinski definition) is 6. The number of nitrogens with zero attached hydrogens (tertiary/aromatic N) is 3. The van der Waals surface area contributed by atoms with Crippen molar-refractivity contribution in [3.8, 4) is 5.75 Å². The molecule has 7 nitrogen and oxygen atoms in total. The van der Waals surface area contributed by atoms with E-state index in [-0.39, 0.29) is 18.3 Å². The highest BCUT2D eigenvalue weighted by atomic mass is 35.5. The van der Waals surface area contributed by atoms with Crippen LogP contribution in [0.4, 0.5) is 5.69 Å². The van der Waals surface area contributed by atoms with Crippen molar-refractivity contribution in [1.29, 1.82) is 0 Å². The third-order valence-electron chi connectivity index (χ3n) is 4.82. The van der Waals surface area contributed by atoms with Crippen molar-refractivity contribution >= 4 is 40.7 Å². The summed E-state index contributed by atoms with van der Waals surface area (Å²) in [5, 5.41) is 12.3. The number of thioether (sulfide) groups is 1. The van der Waals surface area contributed by atoms with Crippen LogP contribution in [0.15, 0.2) is 47.6 Å². The minimum absolute atomic E-state index is 0.0170. The lowest BCUT2D eigenvalue weighted by atomic mass is 10.1. The van der Waals surface area contributed by atoms with Crippen LogP contribution in [0, 0.1) is 6.92 Å². The minimum Gasteiger partial charge on any atom is -0.486 e. The molecule has 1 aromatic heterocycles. The second-order valence-electron chi connectivity index (χ2n) is 7.23. The van der Waals surface area contributed by atoms with Crippen LogP contribution >= 0.6 is 23.4 Å². The fraction of sp³-hybridized carbons (Fsp3) is 0.304. The maximum absolute atomic E-state index is 12.6. The summed E-state index contributed by atoms with van der Waals surface area (Å²) in [5.74, 6) is 1.20. The largest absolute Gasteiger partial charge is 0.486 e. The molecule has 0 aliphatic heterocycles. The van der Waals surface area contributed by atoms with Gasteiger partial charge in [-0.2, -0.15) is 0 Å². The molecule has 1 heterocycles. The van der Waals surface area contributed by atoms with Gasteiger partial charge in [-0.1, -0.05) is 23.4 Å². The van der Waals surface area contributed by atoms with Gasteiger partial charge in [-0.05, 0) is 75.7 Å². The van der Waals surface area contributed by atoms with Gasteiger partial charge < -0.3 is 14.6 Å². The maximum atomic E-state index is 12.6. The number of anilines is 1. The smallest absolute Gasteiger partial charge is 0.237 e. The molecule has 3 rings (SSSR count). The molecule has 1 unspecified atom stereocenters. The number of carbonyl (C=O) groups excluding carboxylic acids is 2. The molecule has 168 valence electrons. The number of aryl methyl sites for hydroxylation is 1. The zero-order valence-electron chi connectivity index (χ0n) is 18.4. The molecule has 3 aromatic rings. The van der Waals surface area contributed by atoms with Crippen molar-refractivity contribution < 1.29 is 14.3 Å². The van der Waals surface area contributed by atoms with E-state index < -0.39 is 5.25 Å². The SMILES string of the molecule is CCn1c(COc2ccc(Cl)c(C)c2)nnc1SC(C)C(=O)Nc1ccc(C(C)=O)cc1. The maximum Gasteiger partial charge on any atom is 0.237 e. The van der Waals surface area contributed by atoms with Gasteiger partial charge in [0.1, 0.15) is 12.4 Å². The number of nitrogens with one attached hydrogen (secondary N) is 1. The van der Waals surface area contributed by atoms with Gasteiger partial charge in [0.15, 0.2) is 16.8 Å². The van der Waals surface area contributed by atoms with Gasteiger partial charge in [-0.3, -0.25) is 9.59 Å². The highest BCUT2D eigenvalue weighted by Crippen LogP contribution is 2.25. The minimum atomic E-state index is -0.398. The molecular formula is C23H25ClN4O3S. The van der Waals surface area contributed by atoms with Gasteiger partial charge in [-0.25, -0.2) is 0 Å². The number of rotatable bonds is 9. The van der Waals surface area contributed by atoms with E-state index in [2.05, 4.69) is 15.5 Å². The van der Waals surface area contributed by atoms with E-state index in [1.54, 1.807) is 30.3 Å². The molecule has 2 aromatic carbocycles. The summed E-state index contributed by atoms with van der Waals surface area (Å²) >= 11 is 7.39. The molecule has 0 radical (unpaired) electrons. The van der Waals surface area contributed by atoms with Crippen LogP contribution in [0.2, 0.25) is 5.02 Å². The summed E-state index contributed by atoms with van der Waals surface area (Å²) in [6.45, 7) is 8.13. The van der Waals surface area contributed by atoms with Gasteiger partial charge in [0.2, 0.25) is 5.91 Å². The Morgan fingerprint density at radius 1 is 1.19 bits per heavy atom. The number of carbonyl (C=O) groups is 2. The Labute approximate surface area is 196 Å². The lowest BCUT2D eigenvalue weighted by Crippen LogP contribution is -2.23. The molecule has 0 aliphatic rings. The predicted molar refractivity (Wildman–Crippen MR) is 127 cm³/mol. The van der Waals surface area contributed by atoms with Crippen LogP contribution in [0.25, 0.3) is 0 Å². The topological polar surface area (TPSA) is 86.1 Å². The van der Waals surface area contributed by atoms with E-state index in [9.17, 15) is 9.59 Å². The van der Waals surface area contributed by atoms with Crippen molar-refractivity contribution in [3.63, 3.8) is 0 Å². The number of hydrogen-bond donors (Lipinski definition) is 1. The Morgan fingerprint density at radius 2 is 1.91 bits per heavy atom. The molecule has 0 bridgehead atoms. The van der Waals surface area contributed by atoms with Crippen LogP contribution in [0.3, 0.4) is 0 Å². The lowest BCUT2D eigenvalue weighted by Gasteiger charge is -2.13. The van der Waals surface area contributed by atoms with Gasteiger partial charge in [0.05, 0.1) is 5.25 Å². The Balaban J connectivity index is 1.62. The predicted octanol–water partition coefficient (Wildman–Crippen LogP) is 5.16. The number of Topliss-reactive ketones (excluding diaryl/α,β-unsaturated/α-hetero) is 1. The van der Waals surface area contributed by atoms with Crippen LogP contribution < -0.4 is 10.1 Å². The third kappa shape index (κ3) is 5.89. The summed E-state index contributed by atoms with van der Waals surface area (Å²) in [4.78, 5) is 24.0. The van der Waals surface area contributed by atoms with E-state index in [4.69, 9.17) is 16.3 Å². The van der Waals surface area contributed by atoms with Crippen molar-refractivity contribution in [2.24, 2.45) is 0 Å². The summed E-state index contributed by atoms with van der Waals surface area (Å²) in [6, 6.07) is 12.3. The standard InChI is InChI=1S/C23H25ClN4O3S/c1-5-28-21(13-31-19-10-11-20(24)14(2)12-19)26-27-23(28)32-16(4)22(30)25-18-8-6-17(7-9-18)15(3)29/h6-12,16H,5,13H2,1-4H3,(H,25,30). The van der Waals surface area contributed by atoms with Crippen molar-refractivity contribution in [2.75, 3.05) is 5.32 Å². The first-order chi connectivity index (χ1) is 15.3. The molecular weight excluding hydrogens is 448 g/mol.